The van der Waals surface area contributed by atoms with Crippen LogP contribution in [0.1, 0.15) is 28.8 Å². The maximum atomic E-state index is 12.2. The molecular weight excluding hydrogens is 294 g/mol. The van der Waals surface area contributed by atoms with Gasteiger partial charge in [-0.05, 0) is 26.8 Å². The Morgan fingerprint density at radius 1 is 1.35 bits per heavy atom. The van der Waals surface area contributed by atoms with Crippen LogP contribution < -0.4 is 5.32 Å². The summed E-state index contributed by atoms with van der Waals surface area (Å²) in [7, 11) is 1.79. The molecule has 0 aliphatic rings. The van der Waals surface area contributed by atoms with Crippen molar-refractivity contribution in [2.24, 2.45) is 7.05 Å². The van der Waals surface area contributed by atoms with Gasteiger partial charge >= 0.3 is 0 Å². The van der Waals surface area contributed by atoms with Crippen LogP contribution in [0, 0.1) is 13.8 Å². The number of rotatable bonds is 4. The number of nitrogens with zero attached hydrogens (tertiary/aromatic N) is 5. The molecule has 0 aliphatic carbocycles. The van der Waals surface area contributed by atoms with Gasteiger partial charge < -0.3 is 5.32 Å². The standard InChI is InChI=1S/C15H19N7O/c1-5-22-10(3)14(9(2)19-22)11-8-12(18-17-11)15(23)16-13-6-7-21(4)20-13/h6-8H,5H2,1-4H3,(H,17,18)(H,16,20,23). The summed E-state index contributed by atoms with van der Waals surface area (Å²) >= 11 is 0. The zero-order valence-electron chi connectivity index (χ0n) is 13.6. The molecule has 0 fully saturated rings. The molecule has 3 aromatic rings. The van der Waals surface area contributed by atoms with Crippen LogP contribution in [0.5, 0.6) is 0 Å². The minimum absolute atomic E-state index is 0.277. The molecule has 0 radical (unpaired) electrons. The molecule has 3 heterocycles. The lowest BCUT2D eigenvalue weighted by Crippen LogP contribution is -2.13. The van der Waals surface area contributed by atoms with Gasteiger partial charge in [-0.25, -0.2) is 0 Å². The fourth-order valence-electron chi connectivity index (χ4n) is 2.61. The fourth-order valence-corrected chi connectivity index (χ4v) is 2.61. The van der Waals surface area contributed by atoms with E-state index in [1.54, 1.807) is 30.1 Å². The Balaban J connectivity index is 1.86. The zero-order valence-corrected chi connectivity index (χ0v) is 13.6. The van der Waals surface area contributed by atoms with Crippen molar-refractivity contribution < 1.29 is 4.79 Å². The lowest BCUT2D eigenvalue weighted by Gasteiger charge is -1.99. The van der Waals surface area contributed by atoms with Gasteiger partial charge in [0, 0.05) is 37.1 Å². The topological polar surface area (TPSA) is 93.4 Å². The molecule has 0 unspecified atom stereocenters. The van der Waals surface area contributed by atoms with Gasteiger partial charge in [-0.15, -0.1) is 0 Å². The SMILES string of the molecule is CCn1nc(C)c(-c2cc(C(=O)Nc3ccn(C)n3)[nH]n2)c1C. The van der Waals surface area contributed by atoms with Crippen molar-refractivity contribution in [3.63, 3.8) is 0 Å². The number of aromatic nitrogens is 6. The summed E-state index contributed by atoms with van der Waals surface area (Å²) in [6.45, 7) is 6.78. The first kappa shape index (κ1) is 15.0. The number of H-pyrrole nitrogens is 1. The highest BCUT2D eigenvalue weighted by Crippen LogP contribution is 2.25. The van der Waals surface area contributed by atoms with E-state index in [0.717, 1.165) is 23.5 Å². The van der Waals surface area contributed by atoms with Crippen LogP contribution in [0.15, 0.2) is 18.3 Å². The van der Waals surface area contributed by atoms with Crippen LogP contribution in [0.2, 0.25) is 0 Å². The fraction of sp³-hybridized carbons (Fsp3) is 0.333. The number of nitrogens with one attached hydrogen (secondary N) is 2. The first-order valence-corrected chi connectivity index (χ1v) is 7.40. The number of aryl methyl sites for hydroxylation is 3. The van der Waals surface area contributed by atoms with E-state index in [0.29, 0.717) is 17.2 Å². The summed E-state index contributed by atoms with van der Waals surface area (Å²) in [4.78, 5) is 12.2. The predicted molar refractivity (Wildman–Crippen MR) is 86.1 cm³/mol. The van der Waals surface area contributed by atoms with Crippen LogP contribution in [0.25, 0.3) is 11.3 Å². The molecule has 0 saturated carbocycles. The van der Waals surface area contributed by atoms with Crippen molar-refractivity contribution in [1.29, 1.82) is 0 Å². The van der Waals surface area contributed by atoms with E-state index in [-0.39, 0.29) is 5.91 Å². The average molecular weight is 313 g/mol. The summed E-state index contributed by atoms with van der Waals surface area (Å²) in [6.07, 6.45) is 1.76. The van der Waals surface area contributed by atoms with Crippen LogP contribution in [0.3, 0.4) is 0 Å². The lowest BCUT2D eigenvalue weighted by molar-refractivity contribution is 0.102. The number of amides is 1. The number of aromatic amines is 1. The molecule has 2 N–H and O–H groups in total. The molecule has 8 heteroatoms. The van der Waals surface area contributed by atoms with Crippen molar-refractivity contribution in [3.8, 4) is 11.3 Å². The Bertz CT molecular complexity index is 855. The highest BCUT2D eigenvalue weighted by molar-refractivity contribution is 6.02. The third kappa shape index (κ3) is 2.75. The van der Waals surface area contributed by atoms with Crippen molar-refractivity contribution in [1.82, 2.24) is 29.8 Å². The Kier molecular flexibility index (Phi) is 3.73. The smallest absolute Gasteiger partial charge is 0.274 e. The Labute approximate surface area is 133 Å². The molecule has 8 nitrogen and oxygen atoms in total. The van der Waals surface area contributed by atoms with Gasteiger partial charge in [0.1, 0.15) is 5.69 Å². The van der Waals surface area contributed by atoms with Crippen molar-refractivity contribution in [2.75, 3.05) is 5.32 Å². The van der Waals surface area contributed by atoms with Crippen LogP contribution >= 0.6 is 0 Å². The van der Waals surface area contributed by atoms with Gasteiger partial charge in [0.25, 0.3) is 5.91 Å². The van der Waals surface area contributed by atoms with Gasteiger partial charge in [0.15, 0.2) is 5.82 Å². The third-order valence-electron chi connectivity index (χ3n) is 3.71. The van der Waals surface area contributed by atoms with Crippen LogP contribution in [-0.2, 0) is 13.6 Å². The molecule has 0 saturated heterocycles. The minimum atomic E-state index is -0.277. The zero-order chi connectivity index (χ0) is 16.6. The van der Waals surface area contributed by atoms with Gasteiger partial charge in [-0.2, -0.15) is 15.3 Å². The molecule has 0 aliphatic heterocycles. The van der Waals surface area contributed by atoms with Crippen molar-refractivity contribution in [2.45, 2.75) is 27.3 Å². The highest BCUT2D eigenvalue weighted by atomic mass is 16.2. The Morgan fingerprint density at radius 3 is 2.74 bits per heavy atom. The van der Waals surface area contributed by atoms with E-state index in [9.17, 15) is 4.79 Å². The third-order valence-corrected chi connectivity index (χ3v) is 3.71. The summed E-state index contributed by atoms with van der Waals surface area (Å²) < 4.78 is 3.55. The predicted octanol–water partition coefficient (Wildman–Crippen LogP) is 1.90. The molecular formula is C15H19N7O. The Morgan fingerprint density at radius 2 is 2.13 bits per heavy atom. The number of carbonyl (C=O) groups excluding carboxylic acids is 1. The molecule has 0 bridgehead atoms. The average Bonchev–Trinajstić information content (AvgIpc) is 3.19. The van der Waals surface area contributed by atoms with Crippen molar-refractivity contribution >= 4 is 11.7 Å². The highest BCUT2D eigenvalue weighted by Gasteiger charge is 2.18. The summed E-state index contributed by atoms with van der Waals surface area (Å²) in [5.41, 5.74) is 3.99. The number of anilines is 1. The van der Waals surface area contributed by atoms with Crippen molar-refractivity contribution in [3.05, 3.63) is 35.4 Å². The first-order chi connectivity index (χ1) is 11.0. The van der Waals surface area contributed by atoms with Gasteiger partial charge in [0.05, 0.1) is 11.4 Å². The molecule has 120 valence electrons. The normalized spacial score (nSPS) is 11.0. The van der Waals surface area contributed by atoms with Crippen LogP contribution in [-0.4, -0.2) is 35.7 Å². The van der Waals surface area contributed by atoms with Gasteiger partial charge in [-0.1, -0.05) is 0 Å². The summed E-state index contributed by atoms with van der Waals surface area (Å²) in [5, 5.41) is 18.4. The van der Waals surface area contributed by atoms with Gasteiger partial charge in [0.2, 0.25) is 0 Å². The molecule has 1 amide bonds. The lowest BCUT2D eigenvalue weighted by atomic mass is 10.1. The maximum absolute atomic E-state index is 12.2. The van der Waals surface area contributed by atoms with E-state index in [1.807, 2.05) is 25.5 Å². The quantitative estimate of drug-likeness (QED) is 0.769. The summed E-state index contributed by atoms with van der Waals surface area (Å²) in [5.74, 6) is 0.223. The second-order valence-corrected chi connectivity index (χ2v) is 5.36. The van der Waals surface area contributed by atoms with Gasteiger partial charge in [-0.3, -0.25) is 19.3 Å². The van der Waals surface area contributed by atoms with E-state index < -0.39 is 0 Å². The number of carbonyl (C=O) groups is 1. The largest absolute Gasteiger partial charge is 0.304 e. The first-order valence-electron chi connectivity index (χ1n) is 7.40. The number of hydrogen-bond donors (Lipinski definition) is 2. The van der Waals surface area contributed by atoms with E-state index in [1.165, 1.54) is 0 Å². The molecule has 3 rings (SSSR count). The van der Waals surface area contributed by atoms with Crippen LogP contribution in [0.4, 0.5) is 5.82 Å². The number of hydrogen-bond acceptors (Lipinski definition) is 4. The molecule has 23 heavy (non-hydrogen) atoms. The second kappa shape index (κ2) is 5.71. The van der Waals surface area contributed by atoms with E-state index in [4.69, 9.17) is 0 Å². The van der Waals surface area contributed by atoms with E-state index >= 15 is 0 Å². The molecule has 0 spiro atoms. The monoisotopic (exact) mass is 313 g/mol. The van der Waals surface area contributed by atoms with E-state index in [2.05, 4.69) is 25.7 Å². The molecule has 0 aromatic carbocycles. The maximum Gasteiger partial charge on any atom is 0.274 e. The second-order valence-electron chi connectivity index (χ2n) is 5.36. The molecule has 0 atom stereocenters. The Hall–Kier alpha value is -2.90. The summed E-state index contributed by atoms with van der Waals surface area (Å²) in [6, 6.07) is 3.46. The molecule has 3 aromatic heterocycles. The minimum Gasteiger partial charge on any atom is -0.304 e.